The fourth-order valence-electron chi connectivity index (χ4n) is 2.00. The lowest BCUT2D eigenvalue weighted by atomic mass is 10.1. The Morgan fingerprint density at radius 1 is 1.38 bits per heavy atom. The second kappa shape index (κ2) is 5.32. The van der Waals surface area contributed by atoms with Gasteiger partial charge in [0.15, 0.2) is 0 Å². The van der Waals surface area contributed by atoms with Gasteiger partial charge in [-0.15, -0.1) is 0 Å². The van der Waals surface area contributed by atoms with Crippen LogP contribution in [0.2, 0.25) is 0 Å². The van der Waals surface area contributed by atoms with Crippen LogP contribution in [0.3, 0.4) is 0 Å². The average molecular weight is 221 g/mol. The first-order chi connectivity index (χ1) is 7.79. The van der Waals surface area contributed by atoms with Crippen LogP contribution in [0.4, 0.5) is 0 Å². The Morgan fingerprint density at radius 3 is 3.06 bits per heavy atom. The van der Waals surface area contributed by atoms with Crippen molar-refractivity contribution >= 4 is 0 Å². The Kier molecular flexibility index (Phi) is 3.80. The number of fused-ring (bicyclic) bond motifs is 1. The van der Waals surface area contributed by atoms with Gasteiger partial charge < -0.3 is 14.7 Å². The summed E-state index contributed by atoms with van der Waals surface area (Å²) in [6, 6.07) is 6.45. The third-order valence-electron chi connectivity index (χ3n) is 3.02. The summed E-state index contributed by atoms with van der Waals surface area (Å²) in [5, 5.41) is 8.80. The molecule has 0 atom stereocenters. The fraction of sp³-hybridized carbons (Fsp3) is 0.538. The Balaban J connectivity index is 1.90. The molecular formula is C13H19NO2. The molecule has 1 aliphatic heterocycles. The molecule has 3 nitrogen and oxygen atoms in total. The topological polar surface area (TPSA) is 32.7 Å². The Bertz CT molecular complexity index is 352. The number of rotatable bonds is 5. The number of likely N-dealkylation sites (N-methyl/N-ethyl adjacent to an activating group) is 1. The monoisotopic (exact) mass is 221 g/mol. The van der Waals surface area contributed by atoms with E-state index in [1.54, 1.807) is 0 Å². The lowest BCUT2D eigenvalue weighted by molar-refractivity contribution is 0.223. The Morgan fingerprint density at radius 2 is 2.25 bits per heavy atom. The van der Waals surface area contributed by atoms with Gasteiger partial charge in [-0.3, -0.25) is 0 Å². The minimum atomic E-state index is 0.231. The van der Waals surface area contributed by atoms with E-state index in [4.69, 9.17) is 9.84 Å². The average Bonchev–Trinajstić information content (AvgIpc) is 2.74. The third kappa shape index (κ3) is 2.74. The Hall–Kier alpha value is -1.06. The van der Waals surface area contributed by atoms with Gasteiger partial charge in [0.25, 0.3) is 0 Å². The van der Waals surface area contributed by atoms with Gasteiger partial charge in [0.1, 0.15) is 5.75 Å². The van der Waals surface area contributed by atoms with Crippen LogP contribution in [-0.4, -0.2) is 43.4 Å². The number of aliphatic hydroxyl groups is 1. The van der Waals surface area contributed by atoms with Crippen molar-refractivity contribution in [2.75, 3.05) is 33.4 Å². The van der Waals surface area contributed by atoms with Crippen LogP contribution in [-0.2, 0) is 12.8 Å². The molecule has 0 bridgehead atoms. The molecule has 1 N–H and O–H groups in total. The van der Waals surface area contributed by atoms with E-state index >= 15 is 0 Å². The second-order valence-electron chi connectivity index (χ2n) is 4.32. The lowest BCUT2D eigenvalue weighted by Crippen LogP contribution is -2.24. The number of ether oxygens (including phenoxy) is 1. The first-order valence-electron chi connectivity index (χ1n) is 5.83. The zero-order chi connectivity index (χ0) is 11.4. The van der Waals surface area contributed by atoms with Gasteiger partial charge in [0.2, 0.25) is 0 Å². The van der Waals surface area contributed by atoms with Crippen LogP contribution >= 0.6 is 0 Å². The summed E-state index contributed by atoms with van der Waals surface area (Å²) >= 11 is 0. The molecule has 0 saturated heterocycles. The molecule has 2 rings (SSSR count). The van der Waals surface area contributed by atoms with E-state index < -0.39 is 0 Å². The van der Waals surface area contributed by atoms with Gasteiger partial charge in [0, 0.05) is 19.5 Å². The summed E-state index contributed by atoms with van der Waals surface area (Å²) in [4.78, 5) is 2.14. The molecule has 0 unspecified atom stereocenters. The van der Waals surface area contributed by atoms with Crippen molar-refractivity contribution in [1.82, 2.24) is 4.90 Å². The highest BCUT2D eigenvalue weighted by atomic mass is 16.5. The molecule has 1 heterocycles. The zero-order valence-corrected chi connectivity index (χ0v) is 9.78. The van der Waals surface area contributed by atoms with Crippen molar-refractivity contribution in [1.29, 1.82) is 0 Å². The predicted octanol–water partition coefficient (Wildman–Crippen LogP) is 1.09. The minimum Gasteiger partial charge on any atom is -0.493 e. The number of aliphatic hydroxyl groups excluding tert-OH is 1. The summed E-state index contributed by atoms with van der Waals surface area (Å²) in [6.45, 7) is 2.78. The number of hydrogen-bond acceptors (Lipinski definition) is 3. The van der Waals surface area contributed by atoms with E-state index in [1.165, 1.54) is 11.1 Å². The van der Waals surface area contributed by atoms with E-state index in [0.29, 0.717) is 0 Å². The highest BCUT2D eigenvalue weighted by Gasteiger charge is 2.11. The first kappa shape index (κ1) is 11.4. The molecule has 0 saturated carbocycles. The van der Waals surface area contributed by atoms with E-state index in [9.17, 15) is 0 Å². The van der Waals surface area contributed by atoms with Crippen LogP contribution < -0.4 is 4.74 Å². The molecule has 1 aromatic rings. The second-order valence-corrected chi connectivity index (χ2v) is 4.32. The lowest BCUT2D eigenvalue weighted by Gasteiger charge is -2.14. The van der Waals surface area contributed by atoms with Crippen molar-refractivity contribution in [3.8, 4) is 5.75 Å². The van der Waals surface area contributed by atoms with E-state index in [0.717, 1.165) is 38.3 Å². The molecule has 1 aromatic carbocycles. The van der Waals surface area contributed by atoms with Gasteiger partial charge in [-0.25, -0.2) is 0 Å². The summed E-state index contributed by atoms with van der Waals surface area (Å²) in [5.74, 6) is 1.05. The smallest absolute Gasteiger partial charge is 0.122 e. The van der Waals surface area contributed by atoms with Crippen LogP contribution in [0, 0.1) is 0 Å². The SMILES string of the molecule is CN(CCO)CCc1ccc2c(c1)CCO2. The number of hydrogen-bond donors (Lipinski definition) is 1. The maximum atomic E-state index is 8.80. The predicted molar refractivity (Wildman–Crippen MR) is 63.9 cm³/mol. The molecule has 0 fully saturated rings. The van der Waals surface area contributed by atoms with Crippen LogP contribution in [0.5, 0.6) is 5.75 Å². The molecule has 1 aliphatic rings. The molecular weight excluding hydrogens is 202 g/mol. The molecule has 3 heteroatoms. The summed E-state index contributed by atoms with van der Waals surface area (Å²) in [6.07, 6.45) is 2.07. The largest absolute Gasteiger partial charge is 0.493 e. The fourth-order valence-corrected chi connectivity index (χ4v) is 2.00. The third-order valence-corrected chi connectivity index (χ3v) is 3.02. The maximum Gasteiger partial charge on any atom is 0.122 e. The van der Waals surface area contributed by atoms with E-state index in [1.807, 2.05) is 7.05 Å². The van der Waals surface area contributed by atoms with Gasteiger partial charge in [-0.05, 0) is 30.7 Å². The van der Waals surface area contributed by atoms with Crippen molar-refractivity contribution in [2.45, 2.75) is 12.8 Å². The molecule has 88 valence electrons. The molecule has 0 aromatic heterocycles. The first-order valence-corrected chi connectivity index (χ1v) is 5.83. The summed E-state index contributed by atoms with van der Waals surface area (Å²) in [5.41, 5.74) is 2.69. The molecule has 0 spiro atoms. The Labute approximate surface area is 96.6 Å². The van der Waals surface area contributed by atoms with Crippen LogP contribution in [0.15, 0.2) is 18.2 Å². The zero-order valence-electron chi connectivity index (χ0n) is 9.78. The van der Waals surface area contributed by atoms with Crippen molar-refractivity contribution in [3.63, 3.8) is 0 Å². The number of benzene rings is 1. The molecule has 16 heavy (non-hydrogen) atoms. The van der Waals surface area contributed by atoms with Gasteiger partial charge in [0.05, 0.1) is 13.2 Å². The van der Waals surface area contributed by atoms with E-state index in [-0.39, 0.29) is 6.61 Å². The van der Waals surface area contributed by atoms with Gasteiger partial charge in [-0.2, -0.15) is 0 Å². The normalized spacial score (nSPS) is 13.9. The molecule has 0 aliphatic carbocycles. The minimum absolute atomic E-state index is 0.231. The molecule has 0 radical (unpaired) electrons. The van der Waals surface area contributed by atoms with Crippen molar-refractivity contribution in [3.05, 3.63) is 29.3 Å². The van der Waals surface area contributed by atoms with Crippen LogP contribution in [0.25, 0.3) is 0 Å². The summed E-state index contributed by atoms with van der Waals surface area (Å²) in [7, 11) is 2.03. The van der Waals surface area contributed by atoms with Crippen molar-refractivity contribution < 1.29 is 9.84 Å². The van der Waals surface area contributed by atoms with Crippen molar-refractivity contribution in [2.24, 2.45) is 0 Å². The quantitative estimate of drug-likeness (QED) is 0.808. The highest BCUT2D eigenvalue weighted by molar-refractivity contribution is 5.39. The van der Waals surface area contributed by atoms with E-state index in [2.05, 4.69) is 23.1 Å². The summed E-state index contributed by atoms with van der Waals surface area (Å²) < 4.78 is 5.47. The highest BCUT2D eigenvalue weighted by Crippen LogP contribution is 2.25. The standard InChI is InChI=1S/C13H19NO2/c1-14(7-8-15)6-4-11-2-3-13-12(10-11)5-9-16-13/h2-3,10,15H,4-9H2,1H3. The molecule has 0 amide bonds. The number of nitrogens with zero attached hydrogens (tertiary/aromatic N) is 1. The maximum absolute atomic E-state index is 8.80. The van der Waals surface area contributed by atoms with Crippen LogP contribution in [0.1, 0.15) is 11.1 Å². The van der Waals surface area contributed by atoms with Gasteiger partial charge >= 0.3 is 0 Å². The van der Waals surface area contributed by atoms with Gasteiger partial charge in [-0.1, -0.05) is 12.1 Å².